The molecule has 0 heterocycles. The molecule has 0 amide bonds. The second-order valence-electron chi connectivity index (χ2n) is 13.8. The number of aryl methyl sites for hydroxylation is 2. The van der Waals surface area contributed by atoms with E-state index in [1.807, 2.05) is 0 Å². The van der Waals surface area contributed by atoms with Crippen molar-refractivity contribution >= 4 is 10.8 Å². The molecular weight excluding hydrogens is 553 g/mol. The molecule has 2 atom stereocenters. The van der Waals surface area contributed by atoms with Gasteiger partial charge in [0, 0.05) is 11.3 Å². The van der Waals surface area contributed by atoms with Gasteiger partial charge in [0.15, 0.2) is 0 Å². The van der Waals surface area contributed by atoms with Crippen LogP contribution in [-0.4, -0.2) is 0 Å². The first-order chi connectivity index (χ1) is 22.4. The number of hydrogen-bond acceptors (Lipinski definition) is 0. The summed E-state index contributed by atoms with van der Waals surface area (Å²) in [7, 11) is 0. The molecule has 0 aromatic heterocycles. The average Bonchev–Trinajstić information content (AvgIpc) is 3.32. The second kappa shape index (κ2) is 12.1. The molecule has 0 N–H and O–H groups in total. The Balaban J connectivity index is 1.39. The van der Waals surface area contributed by atoms with Crippen LogP contribution in [0.2, 0.25) is 0 Å². The summed E-state index contributed by atoms with van der Waals surface area (Å²) in [4.78, 5) is 0. The van der Waals surface area contributed by atoms with E-state index < -0.39 is 0 Å². The summed E-state index contributed by atoms with van der Waals surface area (Å²) in [6, 6.07) is 46.0. The van der Waals surface area contributed by atoms with E-state index in [1.54, 1.807) is 0 Å². The molecule has 1 aliphatic carbocycles. The van der Waals surface area contributed by atoms with Crippen LogP contribution in [0.1, 0.15) is 87.3 Å². The van der Waals surface area contributed by atoms with Crippen LogP contribution in [0.3, 0.4) is 0 Å². The number of hydrogen-bond donors (Lipinski definition) is 0. The van der Waals surface area contributed by atoms with Crippen molar-refractivity contribution in [1.29, 1.82) is 0 Å². The summed E-state index contributed by atoms with van der Waals surface area (Å²) in [5.41, 5.74) is 16.8. The van der Waals surface area contributed by atoms with Crippen LogP contribution in [0.25, 0.3) is 44.2 Å². The fourth-order valence-electron chi connectivity index (χ4n) is 8.19. The molecule has 6 aromatic rings. The third-order valence-corrected chi connectivity index (χ3v) is 10.9. The Morgan fingerprint density at radius 3 is 2.02 bits per heavy atom. The molecule has 0 nitrogen and oxygen atoms in total. The zero-order chi connectivity index (χ0) is 32.0. The first kappa shape index (κ1) is 30.2. The van der Waals surface area contributed by atoms with Gasteiger partial charge in [-0.05, 0) is 102 Å². The van der Waals surface area contributed by atoms with Crippen molar-refractivity contribution in [2.75, 3.05) is 0 Å². The number of benzene rings is 6. The molecule has 46 heavy (non-hydrogen) atoms. The van der Waals surface area contributed by atoms with E-state index in [0.717, 1.165) is 19.3 Å². The Hall–Kier alpha value is -4.42. The van der Waals surface area contributed by atoms with Gasteiger partial charge >= 0.3 is 0 Å². The van der Waals surface area contributed by atoms with Gasteiger partial charge in [-0.3, -0.25) is 0 Å². The topological polar surface area (TPSA) is 0 Å². The third kappa shape index (κ3) is 4.91. The van der Waals surface area contributed by atoms with Crippen LogP contribution >= 0.6 is 0 Å². The molecule has 0 saturated heterocycles. The third-order valence-electron chi connectivity index (χ3n) is 10.9. The van der Waals surface area contributed by atoms with Gasteiger partial charge < -0.3 is 0 Å². The van der Waals surface area contributed by atoms with E-state index in [-0.39, 0.29) is 5.41 Å². The Bertz CT molecular complexity index is 2040. The zero-order valence-electron chi connectivity index (χ0n) is 28.3. The molecule has 0 bridgehead atoms. The predicted octanol–water partition coefficient (Wildman–Crippen LogP) is 12.8. The van der Waals surface area contributed by atoms with Crippen molar-refractivity contribution in [2.24, 2.45) is 5.92 Å². The van der Waals surface area contributed by atoms with E-state index in [1.165, 1.54) is 77.5 Å². The standard InChI is InChI=1S/C46H46/c1-7-30(4)44(39-22-16-15-20-36(39)33-17-11-10-12-18-33)35-25-26-38-41-27-32(9-3)40(29-43(41)46(5,6)42(38)28-35)45-31(8-2)23-24-34-19-13-14-21-37(34)45/h10-30,44H,7-9H2,1-6H3. The van der Waals surface area contributed by atoms with Gasteiger partial charge in [-0.2, -0.15) is 0 Å². The quantitative estimate of drug-likeness (QED) is 0.163. The van der Waals surface area contributed by atoms with Gasteiger partial charge in [-0.1, -0.05) is 163 Å². The molecule has 2 unspecified atom stereocenters. The van der Waals surface area contributed by atoms with Gasteiger partial charge in [0.1, 0.15) is 0 Å². The van der Waals surface area contributed by atoms with E-state index >= 15 is 0 Å². The highest BCUT2D eigenvalue weighted by molar-refractivity contribution is 6.00. The molecule has 6 aromatic carbocycles. The SMILES string of the molecule is CCc1cc2c(cc1-c1c(CC)ccc3ccccc13)C(C)(C)c1cc(C(c3ccccc3-c3ccccc3)C(C)CC)ccc1-2. The summed E-state index contributed by atoms with van der Waals surface area (Å²) in [6.07, 6.45) is 3.16. The minimum absolute atomic E-state index is 0.0996. The summed E-state index contributed by atoms with van der Waals surface area (Å²) < 4.78 is 0. The molecule has 230 valence electrons. The van der Waals surface area contributed by atoms with Crippen LogP contribution in [-0.2, 0) is 18.3 Å². The molecule has 0 fully saturated rings. The zero-order valence-corrected chi connectivity index (χ0v) is 28.3. The fraction of sp³-hybridized carbons (Fsp3) is 0.261. The monoisotopic (exact) mass is 598 g/mol. The average molecular weight is 599 g/mol. The molecule has 7 rings (SSSR count). The maximum Gasteiger partial charge on any atom is 0.0159 e. The van der Waals surface area contributed by atoms with Crippen molar-refractivity contribution in [2.45, 2.75) is 72.1 Å². The lowest BCUT2D eigenvalue weighted by Gasteiger charge is -2.29. The molecule has 0 radical (unpaired) electrons. The van der Waals surface area contributed by atoms with Gasteiger partial charge in [0.25, 0.3) is 0 Å². The van der Waals surface area contributed by atoms with Gasteiger partial charge in [-0.15, -0.1) is 0 Å². The smallest absolute Gasteiger partial charge is 0.0159 e. The molecule has 0 heteroatoms. The van der Waals surface area contributed by atoms with Crippen LogP contribution in [0.5, 0.6) is 0 Å². The highest BCUT2D eigenvalue weighted by Crippen LogP contribution is 2.53. The Morgan fingerprint density at radius 1 is 0.565 bits per heavy atom. The first-order valence-corrected chi connectivity index (χ1v) is 17.3. The van der Waals surface area contributed by atoms with Crippen molar-refractivity contribution < 1.29 is 0 Å². The lowest BCUT2D eigenvalue weighted by Crippen LogP contribution is -2.17. The first-order valence-electron chi connectivity index (χ1n) is 17.3. The van der Waals surface area contributed by atoms with Crippen molar-refractivity contribution in [3.8, 4) is 33.4 Å². The van der Waals surface area contributed by atoms with E-state index in [2.05, 4.69) is 163 Å². The summed E-state index contributed by atoms with van der Waals surface area (Å²) in [5.74, 6) is 0.822. The maximum atomic E-state index is 2.56. The fourth-order valence-corrected chi connectivity index (χ4v) is 8.19. The summed E-state index contributed by atoms with van der Waals surface area (Å²) in [6.45, 7) is 14.2. The molecule has 0 aliphatic heterocycles. The highest BCUT2D eigenvalue weighted by Gasteiger charge is 2.37. The van der Waals surface area contributed by atoms with Crippen LogP contribution in [0, 0.1) is 5.92 Å². The van der Waals surface area contributed by atoms with Crippen LogP contribution < -0.4 is 0 Å². The lowest BCUT2D eigenvalue weighted by atomic mass is 9.75. The minimum atomic E-state index is -0.0996. The lowest BCUT2D eigenvalue weighted by molar-refractivity contribution is 0.496. The van der Waals surface area contributed by atoms with Crippen LogP contribution in [0.15, 0.2) is 121 Å². The minimum Gasteiger partial charge on any atom is -0.0651 e. The number of fused-ring (bicyclic) bond motifs is 4. The van der Waals surface area contributed by atoms with Crippen molar-refractivity contribution in [1.82, 2.24) is 0 Å². The van der Waals surface area contributed by atoms with Crippen molar-refractivity contribution in [3.05, 3.63) is 155 Å². The van der Waals surface area contributed by atoms with Crippen molar-refractivity contribution in [3.63, 3.8) is 0 Å². The summed E-state index contributed by atoms with van der Waals surface area (Å²) in [5, 5.41) is 2.68. The molecule has 0 spiro atoms. The van der Waals surface area contributed by atoms with Gasteiger partial charge in [-0.25, -0.2) is 0 Å². The van der Waals surface area contributed by atoms with Crippen LogP contribution in [0.4, 0.5) is 0 Å². The largest absolute Gasteiger partial charge is 0.0651 e. The Morgan fingerprint density at radius 2 is 1.26 bits per heavy atom. The molecular formula is C46H46. The van der Waals surface area contributed by atoms with Gasteiger partial charge in [0.2, 0.25) is 0 Å². The second-order valence-corrected chi connectivity index (χ2v) is 13.8. The van der Waals surface area contributed by atoms with E-state index in [9.17, 15) is 0 Å². The number of rotatable bonds is 8. The maximum absolute atomic E-state index is 2.56. The van der Waals surface area contributed by atoms with E-state index in [4.69, 9.17) is 0 Å². The van der Waals surface area contributed by atoms with Gasteiger partial charge in [0.05, 0.1) is 0 Å². The Kier molecular flexibility index (Phi) is 7.93. The molecule has 0 saturated carbocycles. The highest BCUT2D eigenvalue weighted by atomic mass is 14.4. The predicted molar refractivity (Wildman–Crippen MR) is 199 cm³/mol. The normalized spacial score (nSPS) is 14.6. The summed E-state index contributed by atoms with van der Waals surface area (Å²) >= 11 is 0. The van der Waals surface area contributed by atoms with E-state index in [0.29, 0.717) is 11.8 Å². The Labute approximate surface area is 276 Å². The molecule has 1 aliphatic rings.